The Morgan fingerprint density at radius 3 is 2.92 bits per heavy atom. The number of hydrogen-bond donors (Lipinski definition) is 2. The van der Waals surface area contributed by atoms with Crippen LogP contribution in [0.5, 0.6) is 0 Å². The van der Waals surface area contributed by atoms with E-state index in [0.29, 0.717) is 5.92 Å². The van der Waals surface area contributed by atoms with Crippen molar-refractivity contribution < 1.29 is 9.90 Å². The number of nitrogens with two attached hydrogens (primary N) is 1. The van der Waals surface area contributed by atoms with E-state index >= 15 is 0 Å². The highest BCUT2D eigenvalue weighted by Crippen LogP contribution is 2.22. The summed E-state index contributed by atoms with van der Waals surface area (Å²) >= 11 is 0. The van der Waals surface area contributed by atoms with Crippen molar-refractivity contribution in [3.8, 4) is 0 Å². The van der Waals surface area contributed by atoms with Crippen LogP contribution in [0.15, 0.2) is 0 Å². The van der Waals surface area contributed by atoms with E-state index in [1.807, 2.05) is 4.90 Å². The van der Waals surface area contributed by atoms with Gasteiger partial charge in [0.15, 0.2) is 0 Å². The molecular formula is C8H16N2O2. The lowest BCUT2D eigenvalue weighted by Crippen LogP contribution is -2.40. The minimum atomic E-state index is -0.317. The Labute approximate surface area is 72.3 Å². The van der Waals surface area contributed by atoms with Crippen LogP contribution < -0.4 is 5.73 Å². The second-order valence-corrected chi connectivity index (χ2v) is 3.45. The van der Waals surface area contributed by atoms with Crippen LogP contribution in [0.4, 0.5) is 0 Å². The topological polar surface area (TPSA) is 66.6 Å². The Hall–Kier alpha value is -0.610. The van der Waals surface area contributed by atoms with Gasteiger partial charge >= 0.3 is 0 Å². The third-order valence-electron chi connectivity index (χ3n) is 2.54. The zero-order chi connectivity index (χ0) is 9.14. The summed E-state index contributed by atoms with van der Waals surface area (Å²) in [7, 11) is 0. The molecule has 0 aromatic heterocycles. The van der Waals surface area contributed by atoms with Crippen LogP contribution in [0.2, 0.25) is 0 Å². The van der Waals surface area contributed by atoms with Crippen molar-refractivity contribution in [2.75, 3.05) is 19.7 Å². The number of likely N-dealkylation sites (tertiary alicyclic amines) is 1. The second-order valence-electron chi connectivity index (χ2n) is 3.45. The zero-order valence-corrected chi connectivity index (χ0v) is 7.36. The summed E-state index contributed by atoms with van der Waals surface area (Å²) in [5, 5.41) is 9.03. The predicted octanol–water partition coefficient (Wildman–Crippen LogP) is -0.826. The molecule has 4 nitrogen and oxygen atoms in total. The van der Waals surface area contributed by atoms with Crippen molar-refractivity contribution in [1.82, 2.24) is 4.90 Å². The molecule has 2 unspecified atom stereocenters. The number of hydrogen-bond acceptors (Lipinski definition) is 3. The Morgan fingerprint density at radius 1 is 1.75 bits per heavy atom. The monoisotopic (exact) mass is 172 g/mol. The molecule has 0 bridgehead atoms. The number of carbonyl (C=O) groups is 1. The van der Waals surface area contributed by atoms with Crippen molar-refractivity contribution in [3.05, 3.63) is 0 Å². The van der Waals surface area contributed by atoms with E-state index in [0.717, 1.165) is 13.0 Å². The summed E-state index contributed by atoms with van der Waals surface area (Å²) in [4.78, 5) is 12.6. The van der Waals surface area contributed by atoms with Crippen molar-refractivity contribution in [3.63, 3.8) is 0 Å². The number of primary amides is 1. The Balaban J connectivity index is 2.48. The average molecular weight is 172 g/mol. The van der Waals surface area contributed by atoms with Crippen LogP contribution in [-0.2, 0) is 4.79 Å². The second kappa shape index (κ2) is 3.87. The van der Waals surface area contributed by atoms with Crippen molar-refractivity contribution in [2.24, 2.45) is 11.7 Å². The number of aliphatic hydroxyl groups is 1. The molecule has 0 radical (unpaired) electrons. The van der Waals surface area contributed by atoms with Crippen molar-refractivity contribution in [2.45, 2.75) is 19.4 Å². The molecule has 3 N–H and O–H groups in total. The molecule has 12 heavy (non-hydrogen) atoms. The number of carbonyl (C=O) groups excluding carboxylic acids is 1. The van der Waals surface area contributed by atoms with E-state index in [2.05, 4.69) is 6.92 Å². The molecule has 0 aromatic rings. The van der Waals surface area contributed by atoms with Crippen molar-refractivity contribution >= 4 is 5.91 Å². The number of amides is 1. The molecule has 0 saturated carbocycles. The largest absolute Gasteiger partial charge is 0.395 e. The van der Waals surface area contributed by atoms with Gasteiger partial charge in [0.05, 0.1) is 13.2 Å². The lowest BCUT2D eigenvalue weighted by molar-refractivity contribution is -0.119. The molecule has 1 aliphatic heterocycles. The van der Waals surface area contributed by atoms with Gasteiger partial charge in [-0.25, -0.2) is 0 Å². The quantitative estimate of drug-likeness (QED) is 0.584. The standard InChI is InChI=1S/C8H16N2O2/c1-6-2-3-10(4-8(9)12)7(6)5-11/h6-7,11H,2-5H2,1H3,(H2,9,12). The van der Waals surface area contributed by atoms with Gasteiger partial charge in [-0.1, -0.05) is 6.92 Å². The van der Waals surface area contributed by atoms with Gasteiger partial charge in [-0.3, -0.25) is 9.69 Å². The number of nitrogens with zero attached hydrogens (tertiary/aromatic N) is 1. The first-order chi connectivity index (χ1) is 5.65. The first kappa shape index (κ1) is 9.48. The molecule has 4 heteroatoms. The third-order valence-corrected chi connectivity index (χ3v) is 2.54. The van der Waals surface area contributed by atoms with E-state index in [-0.39, 0.29) is 25.1 Å². The average Bonchev–Trinajstić information content (AvgIpc) is 2.30. The Bertz CT molecular complexity index is 172. The summed E-state index contributed by atoms with van der Waals surface area (Å²) in [6.45, 7) is 3.35. The molecule has 1 fully saturated rings. The molecular weight excluding hydrogens is 156 g/mol. The highest BCUT2D eigenvalue weighted by molar-refractivity contribution is 5.76. The summed E-state index contributed by atoms with van der Waals surface area (Å²) in [6, 6.07) is 0.123. The summed E-state index contributed by atoms with van der Waals surface area (Å²) < 4.78 is 0. The molecule has 0 spiro atoms. The minimum Gasteiger partial charge on any atom is -0.395 e. The van der Waals surface area contributed by atoms with E-state index in [1.165, 1.54) is 0 Å². The van der Waals surface area contributed by atoms with Gasteiger partial charge < -0.3 is 10.8 Å². The SMILES string of the molecule is CC1CCN(CC(N)=O)C1CO. The maximum Gasteiger partial charge on any atom is 0.231 e. The summed E-state index contributed by atoms with van der Waals surface area (Å²) in [5.74, 6) is 0.150. The summed E-state index contributed by atoms with van der Waals surface area (Å²) in [6.07, 6.45) is 1.04. The maximum atomic E-state index is 10.6. The minimum absolute atomic E-state index is 0.119. The van der Waals surface area contributed by atoms with Crippen LogP contribution in [-0.4, -0.2) is 41.7 Å². The first-order valence-corrected chi connectivity index (χ1v) is 4.28. The highest BCUT2D eigenvalue weighted by atomic mass is 16.3. The molecule has 70 valence electrons. The van der Waals surface area contributed by atoms with Crippen LogP contribution in [0, 0.1) is 5.92 Å². The van der Waals surface area contributed by atoms with Gasteiger partial charge in [0.2, 0.25) is 5.91 Å². The fourth-order valence-electron chi connectivity index (χ4n) is 1.78. The van der Waals surface area contributed by atoms with E-state index in [1.54, 1.807) is 0 Å². The van der Waals surface area contributed by atoms with E-state index in [4.69, 9.17) is 10.8 Å². The number of aliphatic hydroxyl groups excluding tert-OH is 1. The zero-order valence-electron chi connectivity index (χ0n) is 7.36. The van der Waals surface area contributed by atoms with Crippen LogP contribution >= 0.6 is 0 Å². The van der Waals surface area contributed by atoms with E-state index < -0.39 is 0 Å². The highest BCUT2D eigenvalue weighted by Gasteiger charge is 2.30. The number of rotatable bonds is 3. The van der Waals surface area contributed by atoms with Gasteiger partial charge in [-0.05, 0) is 18.9 Å². The molecule has 2 atom stereocenters. The lowest BCUT2D eigenvalue weighted by atomic mass is 10.0. The van der Waals surface area contributed by atoms with Gasteiger partial charge in [-0.2, -0.15) is 0 Å². The normalized spacial score (nSPS) is 30.8. The molecule has 1 amide bonds. The molecule has 0 aliphatic carbocycles. The molecule has 0 aromatic carbocycles. The lowest BCUT2D eigenvalue weighted by Gasteiger charge is -2.23. The molecule has 1 saturated heterocycles. The van der Waals surface area contributed by atoms with Crippen LogP contribution in [0.3, 0.4) is 0 Å². The van der Waals surface area contributed by atoms with Gasteiger partial charge in [-0.15, -0.1) is 0 Å². The fraction of sp³-hybridized carbons (Fsp3) is 0.875. The molecule has 1 aliphatic rings. The fourth-order valence-corrected chi connectivity index (χ4v) is 1.78. The molecule has 1 rings (SSSR count). The van der Waals surface area contributed by atoms with Gasteiger partial charge in [0, 0.05) is 6.04 Å². The first-order valence-electron chi connectivity index (χ1n) is 4.28. The van der Waals surface area contributed by atoms with Crippen molar-refractivity contribution in [1.29, 1.82) is 0 Å². The van der Waals surface area contributed by atoms with Crippen LogP contribution in [0.25, 0.3) is 0 Å². The van der Waals surface area contributed by atoms with Crippen LogP contribution in [0.1, 0.15) is 13.3 Å². The Kier molecular flexibility index (Phi) is 3.05. The summed E-state index contributed by atoms with van der Waals surface area (Å²) in [5.41, 5.74) is 5.07. The Morgan fingerprint density at radius 2 is 2.42 bits per heavy atom. The molecule has 1 heterocycles. The third kappa shape index (κ3) is 1.95. The van der Waals surface area contributed by atoms with E-state index in [9.17, 15) is 4.79 Å². The predicted molar refractivity (Wildman–Crippen MR) is 45.4 cm³/mol. The van der Waals surface area contributed by atoms with Gasteiger partial charge in [0.25, 0.3) is 0 Å². The van der Waals surface area contributed by atoms with Gasteiger partial charge in [0.1, 0.15) is 0 Å². The smallest absolute Gasteiger partial charge is 0.231 e. The maximum absolute atomic E-state index is 10.6.